The lowest BCUT2D eigenvalue weighted by molar-refractivity contribution is -0.144. The van der Waals surface area contributed by atoms with Crippen LogP contribution < -0.4 is 15.4 Å². The number of aromatic nitrogens is 2. The Morgan fingerprint density at radius 1 is 1.07 bits per heavy atom. The summed E-state index contributed by atoms with van der Waals surface area (Å²) < 4.78 is 21.2. The number of anilines is 1. The molecule has 0 aliphatic heterocycles. The molecule has 230 valence electrons. The topological polar surface area (TPSA) is 125 Å². The zero-order chi connectivity index (χ0) is 31.1. The van der Waals surface area contributed by atoms with Gasteiger partial charge in [0.05, 0.1) is 11.5 Å². The minimum absolute atomic E-state index is 0.0648. The van der Waals surface area contributed by atoms with Crippen LogP contribution in [-0.4, -0.2) is 52.3 Å². The Labute approximate surface area is 262 Å². The lowest BCUT2D eigenvalue weighted by Gasteiger charge is -2.19. The predicted molar refractivity (Wildman–Crippen MR) is 177 cm³/mol. The average molecular weight is 634 g/mol. The first-order valence-electron chi connectivity index (χ1n) is 13.9. The van der Waals surface area contributed by atoms with E-state index in [2.05, 4.69) is 54.7 Å². The van der Waals surface area contributed by atoms with Crippen molar-refractivity contribution < 1.29 is 18.5 Å². The molecule has 9 nitrogen and oxygen atoms in total. The largest absolute Gasteiger partial charge is 0.465 e. The molecule has 3 rings (SSSR count). The first kappa shape index (κ1) is 35.4. The molecule has 0 aliphatic carbocycles. The van der Waals surface area contributed by atoms with Gasteiger partial charge in [-0.2, -0.15) is 0 Å². The molecule has 0 aliphatic rings. The molecule has 0 saturated carbocycles. The van der Waals surface area contributed by atoms with Gasteiger partial charge < -0.3 is 20.4 Å². The summed E-state index contributed by atoms with van der Waals surface area (Å²) in [5.74, 6) is 0.0154. The quantitative estimate of drug-likeness (QED) is 0.0601. The normalized spacial score (nSPS) is 12.1. The number of amides is 1. The van der Waals surface area contributed by atoms with Gasteiger partial charge in [-0.25, -0.2) is 13.9 Å². The van der Waals surface area contributed by atoms with Crippen LogP contribution in [0.1, 0.15) is 64.5 Å². The molecule has 3 aromatic rings. The van der Waals surface area contributed by atoms with Crippen molar-refractivity contribution in [2.45, 2.75) is 70.7 Å². The van der Waals surface area contributed by atoms with Crippen LogP contribution in [0.5, 0.6) is 0 Å². The van der Waals surface area contributed by atoms with E-state index in [0.717, 1.165) is 60.2 Å². The van der Waals surface area contributed by atoms with E-state index in [-0.39, 0.29) is 19.1 Å². The van der Waals surface area contributed by atoms with Crippen LogP contribution in [-0.2, 0) is 33.4 Å². The number of hydrogen-bond acceptors (Lipinski definition) is 8. The van der Waals surface area contributed by atoms with Crippen molar-refractivity contribution in [1.29, 1.82) is 0 Å². The van der Waals surface area contributed by atoms with Gasteiger partial charge in [-0.15, -0.1) is 23.3 Å². The summed E-state index contributed by atoms with van der Waals surface area (Å²) in [6.45, 7) is 7.58. The van der Waals surface area contributed by atoms with Crippen LogP contribution in [0, 0.1) is 20.8 Å². The second-order valence-electron chi connectivity index (χ2n) is 9.87. The minimum atomic E-state index is -1.66. The fourth-order valence-corrected chi connectivity index (χ4v) is 6.01. The lowest BCUT2D eigenvalue weighted by atomic mass is 10.0. The highest BCUT2D eigenvalue weighted by Gasteiger charge is 2.25. The molecule has 0 saturated heterocycles. The second kappa shape index (κ2) is 18.7. The highest BCUT2D eigenvalue weighted by Crippen LogP contribution is 2.20. The highest BCUT2D eigenvalue weighted by atomic mass is 33.1. The van der Waals surface area contributed by atoms with Crippen molar-refractivity contribution in [2.75, 3.05) is 25.5 Å². The maximum absolute atomic E-state index is 13.2. The number of aromatic amines is 1. The van der Waals surface area contributed by atoms with E-state index in [1.54, 1.807) is 13.1 Å². The van der Waals surface area contributed by atoms with Crippen molar-refractivity contribution in [3.63, 3.8) is 0 Å². The molecule has 42 heavy (non-hydrogen) atoms. The third-order valence-electron chi connectivity index (χ3n) is 6.60. The Bertz CT molecular complexity index is 1310. The number of pyridine rings is 1. The Kier molecular flexibility index (Phi) is 15.7. The van der Waals surface area contributed by atoms with Gasteiger partial charge in [0.15, 0.2) is 0 Å². The van der Waals surface area contributed by atoms with Crippen LogP contribution in [0.25, 0.3) is 0 Å². The minimum Gasteiger partial charge on any atom is -0.465 e. The zero-order valence-corrected chi connectivity index (χ0v) is 27.6. The zero-order valence-electron chi connectivity index (χ0n) is 25.0. The van der Waals surface area contributed by atoms with Gasteiger partial charge in [0, 0.05) is 26.0 Å². The van der Waals surface area contributed by atoms with Gasteiger partial charge in [-0.05, 0) is 87.8 Å². The van der Waals surface area contributed by atoms with Crippen LogP contribution in [0.3, 0.4) is 0 Å². The lowest BCUT2D eigenvalue weighted by Crippen LogP contribution is -2.47. The number of hydrogen-bond donors (Lipinski definition) is 6. The Morgan fingerprint density at radius 2 is 1.76 bits per heavy atom. The van der Waals surface area contributed by atoms with Crippen LogP contribution in [0.4, 0.5) is 5.82 Å². The van der Waals surface area contributed by atoms with E-state index in [1.807, 2.05) is 58.3 Å². The molecule has 12 heteroatoms. The van der Waals surface area contributed by atoms with Crippen molar-refractivity contribution >= 4 is 52.0 Å². The smallest absolute Gasteiger partial charge is 0.325 e. The third kappa shape index (κ3) is 10.8. The van der Waals surface area contributed by atoms with E-state index >= 15 is 0 Å². The summed E-state index contributed by atoms with van der Waals surface area (Å²) in [7, 11) is 0.221. The number of nitrogens with one attached hydrogen (secondary N) is 4. The fourth-order valence-electron chi connectivity index (χ4n) is 4.75. The fraction of sp³-hybridized carbons (Fsp3) is 0.433. The summed E-state index contributed by atoms with van der Waals surface area (Å²) in [6, 6.07) is 8.82. The van der Waals surface area contributed by atoms with Gasteiger partial charge in [0.2, 0.25) is 0 Å². The molecule has 2 aromatic heterocycles. The molecule has 1 amide bonds. The van der Waals surface area contributed by atoms with E-state index < -0.39 is 23.0 Å². The van der Waals surface area contributed by atoms with Gasteiger partial charge >= 0.3 is 5.97 Å². The number of thiol groups is 2. The first-order valence-corrected chi connectivity index (χ1v) is 16.7. The number of rotatable bonds is 15. The van der Waals surface area contributed by atoms with Gasteiger partial charge in [0.25, 0.3) is 5.91 Å². The van der Waals surface area contributed by atoms with Gasteiger partial charge in [-0.3, -0.25) is 9.59 Å². The molecule has 0 radical (unpaired) electrons. The van der Waals surface area contributed by atoms with E-state index in [9.17, 15) is 13.8 Å². The highest BCUT2D eigenvalue weighted by molar-refractivity contribution is 8.59. The summed E-state index contributed by atoms with van der Waals surface area (Å²) in [6.07, 6.45) is 8.58. The van der Waals surface area contributed by atoms with E-state index in [1.165, 1.54) is 5.56 Å². The van der Waals surface area contributed by atoms with Crippen LogP contribution in [0.2, 0.25) is 0 Å². The monoisotopic (exact) mass is 633 g/mol. The van der Waals surface area contributed by atoms with Crippen molar-refractivity contribution in [3.05, 3.63) is 76.2 Å². The molecule has 0 fully saturated rings. The van der Waals surface area contributed by atoms with Gasteiger partial charge in [-0.1, -0.05) is 30.2 Å². The van der Waals surface area contributed by atoms with E-state index in [4.69, 9.17) is 4.74 Å². The van der Waals surface area contributed by atoms with Crippen molar-refractivity contribution in [1.82, 2.24) is 20.0 Å². The molecular weight excluding hydrogens is 591 g/mol. The molecule has 2 unspecified atom stereocenters. The Morgan fingerprint density at radius 3 is 2.43 bits per heavy atom. The molecule has 2 atom stereocenters. The standard InChI is InChI=1S/C30H41N5O4S.H2S2/c1-6-39-30(37)26(35-40(38)27-21(3)15-20(2)16-22(27)4)19-34-29(36)25-17-23(18-33-25)11-8-7-9-12-24-13-10-14-32-28(24)31-5;1-2/h10,13-18,26,33,35H,6-9,11-12,19H2,1-5H3,(H,31,32)(H,34,36);1-2H. The summed E-state index contributed by atoms with van der Waals surface area (Å²) >= 11 is 6.44. The molecule has 4 N–H and O–H groups in total. The molecular formula is C30H43N5O4S3. The summed E-state index contributed by atoms with van der Waals surface area (Å²) in [5.41, 5.74) is 5.49. The summed E-state index contributed by atoms with van der Waals surface area (Å²) in [4.78, 5) is 33.4. The number of carbonyl (C=O) groups excluding carboxylic acids is 2. The maximum Gasteiger partial charge on any atom is 0.325 e. The number of carbonyl (C=O) groups is 2. The van der Waals surface area contributed by atoms with Gasteiger partial charge in [0.1, 0.15) is 28.5 Å². The first-order chi connectivity index (χ1) is 20.2. The summed E-state index contributed by atoms with van der Waals surface area (Å²) in [5, 5.41) is 5.90. The number of ether oxygens (including phenoxy) is 1. The van der Waals surface area contributed by atoms with E-state index in [0.29, 0.717) is 10.6 Å². The number of H-pyrrole nitrogens is 1. The molecule has 0 spiro atoms. The molecule has 1 aromatic carbocycles. The maximum atomic E-state index is 13.2. The second-order valence-corrected chi connectivity index (χ2v) is 11.1. The number of nitrogens with zero attached hydrogens (tertiary/aromatic N) is 1. The molecule has 2 heterocycles. The van der Waals surface area contributed by atoms with Crippen LogP contribution in [0.15, 0.2) is 47.6 Å². The predicted octanol–water partition coefficient (Wildman–Crippen LogP) is 5.07. The number of benzene rings is 1. The third-order valence-corrected chi connectivity index (χ3v) is 8.12. The Balaban J connectivity index is 0.00000301. The Hall–Kier alpha value is -2.80. The van der Waals surface area contributed by atoms with Crippen LogP contribution >= 0.6 is 23.3 Å². The average Bonchev–Trinajstić information content (AvgIpc) is 3.45. The number of esters is 1. The van der Waals surface area contributed by atoms with Crippen molar-refractivity contribution in [2.24, 2.45) is 0 Å². The number of aryl methyl sites for hydroxylation is 5. The SMILES string of the molecule is CCOC(=O)C(CNC(=O)c1cc(CCCCCc2cccnc2NC)c[nH]1)NS(=O)c1c(C)cc(C)cc1C.SS. The number of unbranched alkanes of at least 4 members (excludes halogenated alkanes) is 2. The van der Waals surface area contributed by atoms with Crippen molar-refractivity contribution in [3.8, 4) is 0 Å². The molecule has 0 bridgehead atoms.